The summed E-state index contributed by atoms with van der Waals surface area (Å²) in [7, 11) is -3.98. The van der Waals surface area contributed by atoms with Crippen molar-refractivity contribution in [2.45, 2.75) is 17.9 Å². The van der Waals surface area contributed by atoms with E-state index in [-0.39, 0.29) is 10.5 Å². The van der Waals surface area contributed by atoms with Crippen LogP contribution in [0.5, 0.6) is 0 Å². The molecule has 138 valence electrons. The van der Waals surface area contributed by atoms with Gasteiger partial charge in [-0.05, 0) is 31.2 Å². The minimum absolute atomic E-state index is 0.0149. The van der Waals surface area contributed by atoms with Crippen molar-refractivity contribution in [1.29, 1.82) is 5.26 Å². The van der Waals surface area contributed by atoms with Crippen molar-refractivity contribution in [2.24, 2.45) is 0 Å². The van der Waals surface area contributed by atoms with Gasteiger partial charge in [0.1, 0.15) is 17.4 Å². The van der Waals surface area contributed by atoms with Crippen molar-refractivity contribution in [1.82, 2.24) is 10.0 Å². The Morgan fingerprint density at radius 1 is 1.19 bits per heavy atom. The summed E-state index contributed by atoms with van der Waals surface area (Å²) in [6.07, 6.45) is 0. The predicted octanol–water partition coefficient (Wildman–Crippen LogP) is 2.46. The van der Waals surface area contributed by atoms with Crippen molar-refractivity contribution in [2.75, 3.05) is 6.54 Å². The molecule has 0 spiro atoms. The zero-order chi connectivity index (χ0) is 19.4. The zero-order valence-corrected chi connectivity index (χ0v) is 15.3. The first-order valence-electron chi connectivity index (χ1n) is 8.17. The van der Waals surface area contributed by atoms with Gasteiger partial charge in [-0.15, -0.1) is 0 Å². The first kappa shape index (κ1) is 18.6. The largest absolute Gasteiger partial charge is 0.459 e. The van der Waals surface area contributed by atoms with E-state index in [9.17, 15) is 13.2 Å². The Balaban J connectivity index is 1.64. The lowest BCUT2D eigenvalue weighted by Crippen LogP contribution is -2.38. The molecule has 0 bridgehead atoms. The van der Waals surface area contributed by atoms with E-state index in [1.807, 2.05) is 36.4 Å². The fourth-order valence-electron chi connectivity index (χ4n) is 2.61. The highest BCUT2D eigenvalue weighted by Crippen LogP contribution is 2.23. The quantitative estimate of drug-likeness (QED) is 0.679. The van der Waals surface area contributed by atoms with Crippen LogP contribution in [-0.2, 0) is 14.8 Å². The standard InChI is InChI=1S/C19H17N3O4S/c1-13(17-10-14-6-2-4-8-16(14)26-17)22-19(23)12-21-27(24,25)18-9-5-3-7-15(18)11-20/h2-10,13,21H,12H2,1H3,(H,22,23)/t13-/m1/s1. The SMILES string of the molecule is C[C@@H](NC(=O)CNS(=O)(=O)c1ccccc1C#N)c1cc2ccccc2o1. The van der Waals surface area contributed by atoms with Crippen LogP contribution in [0.3, 0.4) is 0 Å². The molecule has 0 saturated carbocycles. The third-order valence-corrected chi connectivity index (χ3v) is 5.43. The van der Waals surface area contributed by atoms with E-state index in [0.717, 1.165) is 5.39 Å². The lowest BCUT2D eigenvalue weighted by atomic mass is 10.2. The maximum Gasteiger partial charge on any atom is 0.242 e. The Labute approximate surface area is 156 Å². The smallest absolute Gasteiger partial charge is 0.242 e. The van der Waals surface area contributed by atoms with Crippen molar-refractivity contribution < 1.29 is 17.6 Å². The maximum atomic E-state index is 12.3. The number of hydrogen-bond donors (Lipinski definition) is 2. The number of sulfonamides is 1. The van der Waals surface area contributed by atoms with Crippen LogP contribution < -0.4 is 10.0 Å². The molecule has 0 unspecified atom stereocenters. The summed E-state index contributed by atoms with van der Waals surface area (Å²) in [6.45, 7) is 1.29. The summed E-state index contributed by atoms with van der Waals surface area (Å²) in [5.41, 5.74) is 0.725. The van der Waals surface area contributed by atoms with Crippen molar-refractivity contribution in [3.8, 4) is 6.07 Å². The van der Waals surface area contributed by atoms with Gasteiger partial charge < -0.3 is 9.73 Å². The number of amides is 1. The Kier molecular flexibility index (Phi) is 5.26. The van der Waals surface area contributed by atoms with Gasteiger partial charge >= 0.3 is 0 Å². The predicted molar refractivity (Wildman–Crippen MR) is 99.1 cm³/mol. The zero-order valence-electron chi connectivity index (χ0n) is 14.5. The second kappa shape index (κ2) is 7.61. The summed E-state index contributed by atoms with van der Waals surface area (Å²) in [5, 5.41) is 12.6. The van der Waals surface area contributed by atoms with E-state index < -0.39 is 28.5 Å². The van der Waals surface area contributed by atoms with E-state index in [4.69, 9.17) is 9.68 Å². The van der Waals surface area contributed by atoms with Gasteiger partial charge in [-0.3, -0.25) is 4.79 Å². The minimum Gasteiger partial charge on any atom is -0.459 e. The molecule has 0 saturated heterocycles. The molecular weight excluding hydrogens is 366 g/mol. The molecule has 1 atom stereocenters. The Morgan fingerprint density at radius 2 is 1.89 bits per heavy atom. The average molecular weight is 383 g/mol. The molecule has 1 aromatic heterocycles. The molecule has 2 aromatic carbocycles. The van der Waals surface area contributed by atoms with Crippen LogP contribution in [0, 0.1) is 11.3 Å². The van der Waals surface area contributed by atoms with Crippen LogP contribution in [-0.4, -0.2) is 20.9 Å². The molecule has 0 aliphatic rings. The third-order valence-electron chi connectivity index (χ3n) is 3.97. The molecule has 0 aliphatic heterocycles. The van der Waals surface area contributed by atoms with Crippen LogP contribution in [0.25, 0.3) is 11.0 Å². The topological polar surface area (TPSA) is 112 Å². The summed E-state index contributed by atoms with van der Waals surface area (Å²) < 4.78 is 32.6. The number of furan rings is 1. The van der Waals surface area contributed by atoms with Crippen molar-refractivity contribution in [3.05, 3.63) is 65.9 Å². The molecule has 0 radical (unpaired) electrons. The molecule has 0 aliphatic carbocycles. The molecule has 7 nitrogen and oxygen atoms in total. The number of nitriles is 1. The molecule has 8 heteroatoms. The molecule has 3 aromatic rings. The third kappa shape index (κ3) is 4.16. The van der Waals surface area contributed by atoms with Crippen LogP contribution >= 0.6 is 0 Å². The van der Waals surface area contributed by atoms with Gasteiger partial charge in [-0.25, -0.2) is 13.1 Å². The monoisotopic (exact) mass is 383 g/mol. The lowest BCUT2D eigenvalue weighted by molar-refractivity contribution is -0.120. The second-order valence-corrected chi connectivity index (χ2v) is 7.64. The van der Waals surface area contributed by atoms with Crippen molar-refractivity contribution in [3.63, 3.8) is 0 Å². The first-order valence-corrected chi connectivity index (χ1v) is 9.65. The van der Waals surface area contributed by atoms with Gasteiger partial charge in [0.05, 0.1) is 23.0 Å². The fraction of sp³-hybridized carbons (Fsp3) is 0.158. The summed E-state index contributed by atoms with van der Waals surface area (Å²) in [5.74, 6) is 0.0585. The van der Waals surface area contributed by atoms with E-state index in [2.05, 4.69) is 10.0 Å². The Morgan fingerprint density at radius 3 is 2.63 bits per heavy atom. The number of hydrogen-bond acceptors (Lipinski definition) is 5. The highest BCUT2D eigenvalue weighted by atomic mass is 32.2. The second-order valence-electron chi connectivity index (χ2n) is 5.91. The Bertz CT molecular complexity index is 1100. The molecule has 2 N–H and O–H groups in total. The summed E-state index contributed by atoms with van der Waals surface area (Å²) in [6, 6.07) is 16.5. The number of benzene rings is 2. The number of carbonyl (C=O) groups is 1. The molecule has 27 heavy (non-hydrogen) atoms. The minimum atomic E-state index is -3.98. The first-order chi connectivity index (χ1) is 12.9. The number of fused-ring (bicyclic) bond motifs is 1. The summed E-state index contributed by atoms with van der Waals surface area (Å²) in [4.78, 5) is 12.0. The molecule has 1 heterocycles. The summed E-state index contributed by atoms with van der Waals surface area (Å²) >= 11 is 0. The van der Waals surface area contributed by atoms with Gasteiger partial charge in [-0.1, -0.05) is 30.3 Å². The van der Waals surface area contributed by atoms with Crippen molar-refractivity contribution >= 4 is 26.9 Å². The van der Waals surface area contributed by atoms with Gasteiger partial charge in [0, 0.05) is 5.39 Å². The lowest BCUT2D eigenvalue weighted by Gasteiger charge is -2.12. The van der Waals surface area contributed by atoms with Gasteiger partial charge in [0.15, 0.2) is 0 Å². The normalized spacial score (nSPS) is 12.4. The van der Waals surface area contributed by atoms with Crippen LogP contribution in [0.1, 0.15) is 24.3 Å². The van der Waals surface area contributed by atoms with E-state index >= 15 is 0 Å². The van der Waals surface area contributed by atoms with Crippen LogP contribution in [0.15, 0.2) is 63.9 Å². The van der Waals surface area contributed by atoms with Gasteiger partial charge in [-0.2, -0.15) is 5.26 Å². The number of carbonyl (C=O) groups excluding carboxylic acids is 1. The van der Waals surface area contributed by atoms with Crippen LogP contribution in [0.2, 0.25) is 0 Å². The molecule has 0 fully saturated rings. The fourth-order valence-corrected chi connectivity index (χ4v) is 3.75. The van der Waals surface area contributed by atoms with E-state index in [0.29, 0.717) is 11.3 Å². The van der Waals surface area contributed by atoms with Gasteiger partial charge in [0.25, 0.3) is 0 Å². The number of nitrogens with zero attached hydrogens (tertiary/aromatic N) is 1. The van der Waals surface area contributed by atoms with Gasteiger partial charge in [0.2, 0.25) is 15.9 Å². The number of rotatable bonds is 6. The molecule has 3 rings (SSSR count). The Hall–Kier alpha value is -3.15. The van der Waals surface area contributed by atoms with E-state index in [1.165, 1.54) is 18.2 Å². The maximum absolute atomic E-state index is 12.3. The molecular formula is C19H17N3O4S. The highest BCUT2D eigenvalue weighted by Gasteiger charge is 2.20. The highest BCUT2D eigenvalue weighted by molar-refractivity contribution is 7.89. The average Bonchev–Trinajstić information content (AvgIpc) is 3.11. The number of para-hydroxylation sites is 1. The van der Waals surface area contributed by atoms with Crippen LogP contribution in [0.4, 0.5) is 0 Å². The van der Waals surface area contributed by atoms with E-state index in [1.54, 1.807) is 13.0 Å². The molecule has 1 amide bonds. The number of nitrogens with one attached hydrogen (secondary N) is 2.